The summed E-state index contributed by atoms with van der Waals surface area (Å²) in [6.45, 7) is 4.04. The van der Waals surface area contributed by atoms with Gasteiger partial charge in [0.1, 0.15) is 5.75 Å². The van der Waals surface area contributed by atoms with Gasteiger partial charge in [0.2, 0.25) is 0 Å². The molecule has 0 aromatic heterocycles. The maximum atomic E-state index is 5.17. The van der Waals surface area contributed by atoms with Crippen molar-refractivity contribution in [1.82, 2.24) is 0 Å². The minimum atomic E-state index is 0.808. The first-order valence-corrected chi connectivity index (χ1v) is 7.52. The minimum Gasteiger partial charge on any atom is -0.497 e. The molecule has 0 bridgehead atoms. The molecule has 112 valence electrons. The van der Waals surface area contributed by atoms with Crippen molar-refractivity contribution in [3.05, 3.63) is 54.1 Å². The molecular formula is C18H24N2O. The van der Waals surface area contributed by atoms with Crippen LogP contribution in [-0.4, -0.2) is 13.7 Å². The fraction of sp³-hybridized carbons (Fsp3) is 0.333. The van der Waals surface area contributed by atoms with Gasteiger partial charge in [-0.2, -0.15) is 0 Å². The molecule has 2 rings (SSSR count). The Hall–Kier alpha value is -2.16. The van der Waals surface area contributed by atoms with E-state index in [4.69, 9.17) is 4.74 Å². The van der Waals surface area contributed by atoms with E-state index in [-0.39, 0.29) is 0 Å². The van der Waals surface area contributed by atoms with Crippen LogP contribution in [0.3, 0.4) is 0 Å². The van der Waals surface area contributed by atoms with Gasteiger partial charge in [-0.05, 0) is 42.3 Å². The van der Waals surface area contributed by atoms with Gasteiger partial charge in [0.15, 0.2) is 0 Å². The van der Waals surface area contributed by atoms with Crippen LogP contribution in [0, 0.1) is 0 Å². The van der Waals surface area contributed by atoms with Crippen molar-refractivity contribution in [2.45, 2.75) is 26.3 Å². The van der Waals surface area contributed by atoms with Crippen molar-refractivity contribution in [2.24, 2.45) is 0 Å². The monoisotopic (exact) mass is 284 g/mol. The third-order valence-corrected chi connectivity index (χ3v) is 3.38. The molecule has 0 aliphatic heterocycles. The molecule has 0 radical (unpaired) electrons. The maximum Gasteiger partial charge on any atom is 0.118 e. The van der Waals surface area contributed by atoms with Gasteiger partial charge in [-0.1, -0.05) is 31.5 Å². The van der Waals surface area contributed by atoms with Gasteiger partial charge >= 0.3 is 0 Å². The van der Waals surface area contributed by atoms with E-state index in [1.807, 2.05) is 12.1 Å². The van der Waals surface area contributed by atoms with E-state index in [2.05, 4.69) is 54.0 Å². The van der Waals surface area contributed by atoms with E-state index in [0.717, 1.165) is 24.5 Å². The van der Waals surface area contributed by atoms with Crippen molar-refractivity contribution >= 4 is 11.4 Å². The third-order valence-electron chi connectivity index (χ3n) is 3.38. The van der Waals surface area contributed by atoms with Crippen LogP contribution in [0.25, 0.3) is 0 Å². The quantitative estimate of drug-likeness (QED) is 0.699. The number of benzene rings is 2. The molecule has 0 heterocycles. The fourth-order valence-electron chi connectivity index (χ4n) is 2.10. The molecule has 0 saturated carbocycles. The standard InChI is InChI=1S/C18H24N2O/c1-3-4-12-19-16-6-5-7-17(13-16)20-14-15-8-10-18(21-2)11-9-15/h5-11,13,19-20H,3-4,12,14H2,1-2H3. The predicted molar refractivity (Wildman–Crippen MR) is 90.2 cm³/mol. The van der Waals surface area contributed by atoms with Crippen LogP contribution in [0.5, 0.6) is 5.75 Å². The predicted octanol–water partition coefficient (Wildman–Crippen LogP) is 4.52. The van der Waals surface area contributed by atoms with Crippen LogP contribution in [0.1, 0.15) is 25.3 Å². The second-order valence-corrected chi connectivity index (χ2v) is 5.06. The zero-order valence-electron chi connectivity index (χ0n) is 12.9. The van der Waals surface area contributed by atoms with Crippen LogP contribution in [0.15, 0.2) is 48.5 Å². The lowest BCUT2D eigenvalue weighted by atomic mass is 10.2. The molecule has 0 aliphatic carbocycles. The van der Waals surface area contributed by atoms with Crippen molar-refractivity contribution in [3.63, 3.8) is 0 Å². The Labute approximate surface area is 127 Å². The van der Waals surface area contributed by atoms with Crippen molar-refractivity contribution in [3.8, 4) is 5.75 Å². The van der Waals surface area contributed by atoms with Gasteiger partial charge in [0.05, 0.1) is 7.11 Å². The normalized spacial score (nSPS) is 10.2. The number of anilines is 2. The van der Waals surface area contributed by atoms with Gasteiger partial charge in [-0.25, -0.2) is 0 Å². The summed E-state index contributed by atoms with van der Waals surface area (Å²) in [7, 11) is 1.68. The summed E-state index contributed by atoms with van der Waals surface area (Å²) in [5, 5.41) is 6.89. The van der Waals surface area contributed by atoms with Gasteiger partial charge < -0.3 is 15.4 Å². The lowest BCUT2D eigenvalue weighted by molar-refractivity contribution is 0.414. The number of rotatable bonds is 8. The SMILES string of the molecule is CCCCNc1cccc(NCc2ccc(OC)cc2)c1. The Morgan fingerprint density at radius 3 is 2.33 bits per heavy atom. The highest BCUT2D eigenvalue weighted by Gasteiger charge is 1.97. The highest BCUT2D eigenvalue weighted by Crippen LogP contribution is 2.17. The Bertz CT molecular complexity index is 537. The molecule has 0 unspecified atom stereocenters. The van der Waals surface area contributed by atoms with Crippen LogP contribution in [-0.2, 0) is 6.54 Å². The van der Waals surface area contributed by atoms with Gasteiger partial charge in [0, 0.05) is 24.5 Å². The fourth-order valence-corrected chi connectivity index (χ4v) is 2.10. The Morgan fingerprint density at radius 2 is 1.67 bits per heavy atom. The average molecular weight is 284 g/mol. The summed E-state index contributed by atoms with van der Waals surface area (Å²) < 4.78 is 5.17. The zero-order valence-corrected chi connectivity index (χ0v) is 12.9. The van der Waals surface area contributed by atoms with Crippen molar-refractivity contribution in [1.29, 1.82) is 0 Å². The molecule has 2 aromatic rings. The van der Waals surface area contributed by atoms with E-state index in [1.54, 1.807) is 7.11 Å². The molecule has 2 N–H and O–H groups in total. The molecule has 21 heavy (non-hydrogen) atoms. The number of ether oxygens (including phenoxy) is 1. The second-order valence-electron chi connectivity index (χ2n) is 5.06. The Kier molecular flexibility index (Phi) is 5.95. The first kappa shape index (κ1) is 15.2. The van der Waals surface area contributed by atoms with Gasteiger partial charge in [0.25, 0.3) is 0 Å². The van der Waals surface area contributed by atoms with Crippen LogP contribution in [0.2, 0.25) is 0 Å². The lowest BCUT2D eigenvalue weighted by Crippen LogP contribution is -2.03. The van der Waals surface area contributed by atoms with Gasteiger partial charge in [-0.3, -0.25) is 0 Å². The number of hydrogen-bond acceptors (Lipinski definition) is 3. The zero-order chi connectivity index (χ0) is 14.9. The highest BCUT2D eigenvalue weighted by atomic mass is 16.5. The van der Waals surface area contributed by atoms with Crippen molar-refractivity contribution in [2.75, 3.05) is 24.3 Å². The van der Waals surface area contributed by atoms with E-state index in [9.17, 15) is 0 Å². The number of hydrogen-bond donors (Lipinski definition) is 2. The van der Waals surface area contributed by atoms with Crippen LogP contribution >= 0.6 is 0 Å². The minimum absolute atomic E-state index is 0.808. The molecule has 3 heteroatoms. The number of nitrogens with one attached hydrogen (secondary N) is 2. The summed E-state index contributed by atoms with van der Waals surface area (Å²) in [6, 6.07) is 16.6. The van der Waals surface area contributed by atoms with Crippen molar-refractivity contribution < 1.29 is 4.74 Å². The average Bonchev–Trinajstić information content (AvgIpc) is 2.54. The third kappa shape index (κ3) is 5.03. The Balaban J connectivity index is 1.88. The topological polar surface area (TPSA) is 33.3 Å². The van der Waals surface area contributed by atoms with E-state index < -0.39 is 0 Å². The summed E-state index contributed by atoms with van der Waals surface area (Å²) >= 11 is 0. The molecule has 0 fully saturated rings. The summed E-state index contributed by atoms with van der Waals surface area (Å²) in [4.78, 5) is 0. The molecule has 3 nitrogen and oxygen atoms in total. The Morgan fingerprint density at radius 1 is 0.952 bits per heavy atom. The summed E-state index contributed by atoms with van der Waals surface area (Å²) in [5.74, 6) is 0.890. The largest absolute Gasteiger partial charge is 0.497 e. The molecule has 0 spiro atoms. The first-order valence-electron chi connectivity index (χ1n) is 7.52. The lowest BCUT2D eigenvalue weighted by Gasteiger charge is -2.10. The smallest absolute Gasteiger partial charge is 0.118 e. The van der Waals surface area contributed by atoms with Gasteiger partial charge in [-0.15, -0.1) is 0 Å². The molecular weight excluding hydrogens is 260 g/mol. The molecule has 2 aromatic carbocycles. The molecule has 0 saturated heterocycles. The van der Waals surface area contributed by atoms with Crippen LogP contribution in [0.4, 0.5) is 11.4 Å². The molecule has 0 atom stereocenters. The maximum absolute atomic E-state index is 5.17. The summed E-state index contributed by atoms with van der Waals surface area (Å²) in [6.07, 6.45) is 2.41. The van der Waals surface area contributed by atoms with E-state index >= 15 is 0 Å². The molecule has 0 aliphatic rings. The number of unbranched alkanes of at least 4 members (excludes halogenated alkanes) is 1. The van der Waals surface area contributed by atoms with Crippen LogP contribution < -0.4 is 15.4 Å². The molecule has 0 amide bonds. The first-order chi connectivity index (χ1) is 10.3. The van der Waals surface area contributed by atoms with E-state index in [0.29, 0.717) is 0 Å². The summed E-state index contributed by atoms with van der Waals surface area (Å²) in [5.41, 5.74) is 3.54. The number of methoxy groups -OCH3 is 1. The van der Waals surface area contributed by atoms with E-state index in [1.165, 1.54) is 24.1 Å². The highest BCUT2D eigenvalue weighted by molar-refractivity contribution is 5.56. The second kappa shape index (κ2) is 8.20.